The highest BCUT2D eigenvalue weighted by Crippen LogP contribution is 2.39. The molecule has 170 valence electrons. The molecule has 0 aliphatic heterocycles. The summed E-state index contributed by atoms with van der Waals surface area (Å²) in [4.78, 5) is 14.4. The summed E-state index contributed by atoms with van der Waals surface area (Å²) in [6, 6.07) is 12.0. The van der Waals surface area contributed by atoms with Gasteiger partial charge in [0.1, 0.15) is 11.5 Å². The molecule has 2 heterocycles. The summed E-state index contributed by atoms with van der Waals surface area (Å²) in [7, 11) is 3.46. The Labute approximate surface area is 193 Å². The smallest absolute Gasteiger partial charge is 0.233 e. The molecule has 0 spiro atoms. The Hall–Kier alpha value is -2.74. The fourth-order valence-corrected chi connectivity index (χ4v) is 5.19. The number of amides is 1. The number of furan rings is 1. The average Bonchev–Trinajstić information content (AvgIpc) is 3.48. The monoisotopic (exact) mass is 454 g/mol. The molecule has 8 heteroatoms. The van der Waals surface area contributed by atoms with Crippen LogP contribution in [0, 0.1) is 5.92 Å². The van der Waals surface area contributed by atoms with E-state index in [1.807, 2.05) is 36.4 Å². The number of thioether (sulfide) groups is 1. The second kappa shape index (κ2) is 10.3. The van der Waals surface area contributed by atoms with Crippen LogP contribution in [0.2, 0.25) is 0 Å². The number of aromatic nitrogens is 3. The predicted molar refractivity (Wildman–Crippen MR) is 125 cm³/mol. The van der Waals surface area contributed by atoms with Crippen molar-refractivity contribution in [3.63, 3.8) is 0 Å². The van der Waals surface area contributed by atoms with Gasteiger partial charge >= 0.3 is 0 Å². The van der Waals surface area contributed by atoms with Crippen LogP contribution in [0.5, 0.6) is 5.75 Å². The fraction of sp³-hybridized carbons (Fsp3) is 0.458. The van der Waals surface area contributed by atoms with Crippen molar-refractivity contribution in [1.82, 2.24) is 19.7 Å². The Balaban J connectivity index is 1.55. The number of rotatable bonds is 8. The van der Waals surface area contributed by atoms with E-state index < -0.39 is 0 Å². The molecule has 0 bridgehead atoms. The quantitative estimate of drug-likeness (QED) is 0.444. The van der Waals surface area contributed by atoms with E-state index in [2.05, 4.69) is 21.7 Å². The summed E-state index contributed by atoms with van der Waals surface area (Å²) < 4.78 is 12.9. The van der Waals surface area contributed by atoms with Gasteiger partial charge in [-0.05, 0) is 55.2 Å². The number of nitrogens with zero attached hydrogens (tertiary/aromatic N) is 4. The van der Waals surface area contributed by atoms with Crippen LogP contribution in [-0.2, 0) is 11.3 Å². The van der Waals surface area contributed by atoms with Crippen LogP contribution in [0.1, 0.15) is 44.4 Å². The topological polar surface area (TPSA) is 73.4 Å². The molecule has 32 heavy (non-hydrogen) atoms. The third-order valence-electron chi connectivity index (χ3n) is 6.13. The molecule has 1 saturated carbocycles. The first kappa shape index (κ1) is 22.5. The van der Waals surface area contributed by atoms with E-state index in [9.17, 15) is 4.79 Å². The van der Waals surface area contributed by atoms with Crippen LogP contribution in [0.25, 0.3) is 11.4 Å². The Bertz CT molecular complexity index is 1020. The van der Waals surface area contributed by atoms with Crippen molar-refractivity contribution in [3.8, 4) is 17.1 Å². The molecule has 1 aromatic carbocycles. The minimum absolute atomic E-state index is 0.0311. The summed E-state index contributed by atoms with van der Waals surface area (Å²) in [5.41, 5.74) is 1.00. The lowest BCUT2D eigenvalue weighted by atomic mass is 9.85. The van der Waals surface area contributed by atoms with Gasteiger partial charge in [-0.15, -0.1) is 10.2 Å². The zero-order valence-corrected chi connectivity index (χ0v) is 19.7. The van der Waals surface area contributed by atoms with Gasteiger partial charge < -0.3 is 14.1 Å². The second-order valence-electron chi connectivity index (χ2n) is 8.35. The zero-order valence-electron chi connectivity index (χ0n) is 18.9. The SMILES string of the molecule is COc1ccc(-c2nnc(SCC(=O)N(C)Cc3ccco3)n2[C@@H]2CCCC[C@H]2C)cc1. The maximum absolute atomic E-state index is 12.7. The van der Waals surface area contributed by atoms with Gasteiger partial charge in [0, 0.05) is 18.7 Å². The van der Waals surface area contributed by atoms with Gasteiger partial charge in [-0.1, -0.05) is 31.5 Å². The van der Waals surface area contributed by atoms with Gasteiger partial charge in [-0.25, -0.2) is 0 Å². The highest BCUT2D eigenvalue weighted by Gasteiger charge is 2.29. The first-order chi connectivity index (χ1) is 15.6. The van der Waals surface area contributed by atoms with E-state index >= 15 is 0 Å². The summed E-state index contributed by atoms with van der Waals surface area (Å²) in [5, 5.41) is 9.85. The van der Waals surface area contributed by atoms with Crippen LogP contribution in [0.4, 0.5) is 0 Å². The van der Waals surface area contributed by atoms with Crippen LogP contribution in [0.3, 0.4) is 0 Å². The molecule has 1 fully saturated rings. The van der Waals surface area contributed by atoms with Gasteiger partial charge in [0.15, 0.2) is 11.0 Å². The molecule has 7 nitrogen and oxygen atoms in total. The maximum Gasteiger partial charge on any atom is 0.233 e. The number of carbonyl (C=O) groups excluding carboxylic acids is 1. The van der Waals surface area contributed by atoms with Crippen LogP contribution < -0.4 is 4.74 Å². The van der Waals surface area contributed by atoms with Crippen molar-refractivity contribution in [1.29, 1.82) is 0 Å². The standard InChI is InChI=1S/C24H30N4O3S/c1-17-7-4-5-9-21(17)28-23(18-10-12-19(30-3)13-11-18)25-26-24(28)32-16-22(29)27(2)15-20-8-6-14-31-20/h6,8,10-14,17,21H,4-5,7,9,15-16H2,1-3H3/t17-,21-/m1/s1. The normalized spacial score (nSPS) is 18.5. The summed E-state index contributed by atoms with van der Waals surface area (Å²) >= 11 is 1.46. The number of ether oxygens (including phenoxy) is 1. The Morgan fingerprint density at radius 1 is 1.22 bits per heavy atom. The molecular weight excluding hydrogens is 424 g/mol. The number of hydrogen-bond acceptors (Lipinski definition) is 6. The lowest BCUT2D eigenvalue weighted by molar-refractivity contribution is -0.127. The second-order valence-corrected chi connectivity index (χ2v) is 9.29. The molecule has 4 rings (SSSR count). The molecule has 1 aliphatic carbocycles. The number of hydrogen-bond donors (Lipinski definition) is 0. The summed E-state index contributed by atoms with van der Waals surface area (Å²) in [6.45, 7) is 2.76. The van der Waals surface area contributed by atoms with Crippen molar-refractivity contribution in [2.45, 2.75) is 50.4 Å². The third kappa shape index (κ3) is 5.01. The molecule has 2 atom stereocenters. The highest BCUT2D eigenvalue weighted by atomic mass is 32.2. The maximum atomic E-state index is 12.7. The van der Waals surface area contributed by atoms with E-state index in [1.54, 1.807) is 25.3 Å². The number of methoxy groups -OCH3 is 1. The van der Waals surface area contributed by atoms with Gasteiger partial charge in [-0.2, -0.15) is 0 Å². The van der Waals surface area contributed by atoms with Crippen molar-refractivity contribution in [2.75, 3.05) is 19.9 Å². The summed E-state index contributed by atoms with van der Waals surface area (Å²) in [6.07, 6.45) is 6.37. The van der Waals surface area contributed by atoms with Gasteiger partial charge in [0.25, 0.3) is 0 Å². The third-order valence-corrected chi connectivity index (χ3v) is 7.06. The molecule has 1 amide bonds. The predicted octanol–water partition coefficient (Wildman–Crippen LogP) is 5.05. The Kier molecular flexibility index (Phi) is 7.19. The van der Waals surface area contributed by atoms with Crippen molar-refractivity contribution in [3.05, 3.63) is 48.4 Å². The molecule has 3 aromatic rings. The van der Waals surface area contributed by atoms with Crippen LogP contribution in [-0.4, -0.2) is 45.5 Å². The van der Waals surface area contributed by atoms with E-state index in [0.29, 0.717) is 24.3 Å². The van der Waals surface area contributed by atoms with Gasteiger partial charge in [0.05, 0.1) is 25.7 Å². The Morgan fingerprint density at radius 2 is 2.00 bits per heavy atom. The Morgan fingerprint density at radius 3 is 2.69 bits per heavy atom. The summed E-state index contributed by atoms with van der Waals surface area (Å²) in [5.74, 6) is 3.30. The lowest BCUT2D eigenvalue weighted by Gasteiger charge is -2.31. The highest BCUT2D eigenvalue weighted by molar-refractivity contribution is 7.99. The van der Waals surface area contributed by atoms with E-state index in [4.69, 9.17) is 9.15 Å². The number of carbonyl (C=O) groups is 1. The largest absolute Gasteiger partial charge is 0.497 e. The molecular formula is C24H30N4O3S. The van der Waals surface area contributed by atoms with Crippen molar-refractivity contribution < 1.29 is 13.9 Å². The molecule has 0 saturated heterocycles. The van der Waals surface area contributed by atoms with Gasteiger partial charge in [-0.3, -0.25) is 9.36 Å². The first-order valence-corrected chi connectivity index (χ1v) is 12.0. The molecule has 0 unspecified atom stereocenters. The molecule has 1 aliphatic rings. The van der Waals surface area contributed by atoms with Crippen molar-refractivity contribution in [2.24, 2.45) is 5.92 Å². The van der Waals surface area contributed by atoms with Crippen LogP contribution >= 0.6 is 11.8 Å². The number of benzene rings is 1. The van der Waals surface area contributed by atoms with E-state index in [0.717, 1.165) is 34.5 Å². The minimum atomic E-state index is 0.0311. The first-order valence-electron chi connectivity index (χ1n) is 11.0. The molecule has 0 N–H and O–H groups in total. The molecule has 0 radical (unpaired) electrons. The van der Waals surface area contributed by atoms with Crippen LogP contribution in [0.15, 0.2) is 52.2 Å². The molecule has 2 aromatic heterocycles. The van der Waals surface area contributed by atoms with Gasteiger partial charge in [0.2, 0.25) is 5.91 Å². The van der Waals surface area contributed by atoms with E-state index in [-0.39, 0.29) is 5.91 Å². The fourth-order valence-electron chi connectivity index (χ4n) is 4.25. The van der Waals surface area contributed by atoms with Crippen molar-refractivity contribution >= 4 is 17.7 Å². The average molecular weight is 455 g/mol. The van der Waals surface area contributed by atoms with E-state index in [1.165, 1.54) is 31.0 Å². The zero-order chi connectivity index (χ0) is 22.5. The minimum Gasteiger partial charge on any atom is -0.497 e. The lowest BCUT2D eigenvalue weighted by Crippen LogP contribution is -2.28.